The van der Waals surface area contributed by atoms with Gasteiger partial charge in [0.05, 0.1) is 14.1 Å². The molecular formula is C6H9N2O3+. The number of hydrogen-bond acceptors (Lipinski definition) is 2. The molecule has 0 aliphatic heterocycles. The van der Waals surface area contributed by atoms with Crippen LogP contribution in [-0.2, 0) is 14.1 Å². The molecule has 0 aliphatic rings. The monoisotopic (exact) mass is 157 g/mol. The Morgan fingerprint density at radius 1 is 1.82 bits per heavy atom. The van der Waals surface area contributed by atoms with Gasteiger partial charge in [0.15, 0.2) is 0 Å². The summed E-state index contributed by atoms with van der Waals surface area (Å²) in [5, 5.41) is 8.29. The molecule has 0 aliphatic carbocycles. The summed E-state index contributed by atoms with van der Waals surface area (Å²) in [6, 6.07) is 0.289. The Balaban J connectivity index is 2.92. The molecule has 0 fully saturated rings. The quantitative estimate of drug-likeness (QED) is 0.457. The molecule has 1 aromatic heterocycles. The second-order valence-corrected chi connectivity index (χ2v) is 2.17. The fraction of sp³-hybridized carbons (Fsp3) is 0.333. The number of ether oxygens (including phenoxy) is 1. The van der Waals surface area contributed by atoms with Crippen LogP contribution in [0.2, 0.25) is 0 Å². The number of aryl methyl sites for hydroxylation is 2. The van der Waals surface area contributed by atoms with E-state index in [9.17, 15) is 4.79 Å². The van der Waals surface area contributed by atoms with Crippen LogP contribution in [0.1, 0.15) is 0 Å². The molecule has 5 heteroatoms. The van der Waals surface area contributed by atoms with E-state index < -0.39 is 6.16 Å². The molecule has 0 aromatic carbocycles. The van der Waals surface area contributed by atoms with Crippen LogP contribution in [0.25, 0.3) is 0 Å². The van der Waals surface area contributed by atoms with Gasteiger partial charge in [-0.1, -0.05) is 0 Å². The van der Waals surface area contributed by atoms with Gasteiger partial charge >= 0.3 is 12.2 Å². The predicted molar refractivity (Wildman–Crippen MR) is 35.2 cm³/mol. The first kappa shape index (κ1) is 7.59. The van der Waals surface area contributed by atoms with Crippen molar-refractivity contribution in [2.75, 3.05) is 0 Å². The fourth-order valence-corrected chi connectivity index (χ4v) is 0.798. The van der Waals surface area contributed by atoms with Crippen LogP contribution in [0.3, 0.4) is 0 Å². The van der Waals surface area contributed by atoms with Crippen molar-refractivity contribution in [2.24, 2.45) is 14.1 Å². The third kappa shape index (κ3) is 1.49. The van der Waals surface area contributed by atoms with Crippen LogP contribution in [0.5, 0.6) is 6.01 Å². The SMILES string of the molecule is Cn1cc[n+](C)c1OC(=O)O. The second kappa shape index (κ2) is 2.61. The molecule has 0 radical (unpaired) electrons. The number of hydrogen-bond donors (Lipinski definition) is 1. The van der Waals surface area contributed by atoms with Crippen LogP contribution in [0.15, 0.2) is 12.4 Å². The molecule has 0 saturated carbocycles. The molecule has 0 bridgehead atoms. The van der Waals surface area contributed by atoms with Crippen molar-refractivity contribution in [3.8, 4) is 6.01 Å². The molecule has 60 valence electrons. The van der Waals surface area contributed by atoms with E-state index in [0.717, 1.165) is 0 Å². The van der Waals surface area contributed by atoms with Gasteiger partial charge in [-0.15, -0.1) is 0 Å². The lowest BCUT2D eigenvalue weighted by molar-refractivity contribution is -0.675. The maximum absolute atomic E-state index is 10.1. The van der Waals surface area contributed by atoms with Crippen LogP contribution in [0.4, 0.5) is 4.79 Å². The average Bonchev–Trinajstić information content (AvgIpc) is 2.18. The molecule has 1 N–H and O–H groups in total. The van der Waals surface area contributed by atoms with Crippen molar-refractivity contribution in [1.82, 2.24) is 4.57 Å². The van der Waals surface area contributed by atoms with Crippen molar-refractivity contribution in [3.05, 3.63) is 12.4 Å². The summed E-state index contributed by atoms with van der Waals surface area (Å²) < 4.78 is 7.61. The van der Waals surface area contributed by atoms with Crippen molar-refractivity contribution >= 4 is 6.16 Å². The standard InChI is InChI=1S/C6H8N2O3/c1-7-3-4-8(2)5(7)11-6(9)10/h3-4H,1-2H3/p+1. The van der Waals surface area contributed by atoms with Gasteiger partial charge < -0.3 is 9.84 Å². The molecular weight excluding hydrogens is 148 g/mol. The lowest BCUT2D eigenvalue weighted by atomic mass is 10.9. The minimum Gasteiger partial charge on any atom is -0.449 e. The van der Waals surface area contributed by atoms with E-state index in [4.69, 9.17) is 5.11 Å². The number of carboxylic acid groups (broad SMARTS) is 1. The van der Waals surface area contributed by atoms with Gasteiger partial charge in [-0.25, -0.2) is 4.79 Å². The summed E-state index contributed by atoms with van der Waals surface area (Å²) in [5.41, 5.74) is 0. The Bertz CT molecular complexity index is 260. The van der Waals surface area contributed by atoms with Gasteiger partial charge in [-0.2, -0.15) is 9.13 Å². The summed E-state index contributed by atoms with van der Waals surface area (Å²) >= 11 is 0. The van der Waals surface area contributed by atoms with Crippen molar-refractivity contribution in [1.29, 1.82) is 0 Å². The predicted octanol–water partition coefficient (Wildman–Crippen LogP) is -0.0936. The van der Waals surface area contributed by atoms with Crippen LogP contribution >= 0.6 is 0 Å². The van der Waals surface area contributed by atoms with Gasteiger partial charge in [-0.05, 0) is 0 Å². The fourth-order valence-electron chi connectivity index (χ4n) is 0.798. The van der Waals surface area contributed by atoms with E-state index in [1.165, 1.54) is 0 Å². The maximum Gasteiger partial charge on any atom is 0.516 e. The van der Waals surface area contributed by atoms with E-state index in [-0.39, 0.29) is 6.01 Å². The second-order valence-electron chi connectivity index (χ2n) is 2.17. The van der Waals surface area contributed by atoms with Gasteiger partial charge in [0, 0.05) is 0 Å². The maximum atomic E-state index is 10.1. The summed E-state index contributed by atoms with van der Waals surface area (Å²) in [5.74, 6) is 0. The van der Waals surface area contributed by atoms with Crippen LogP contribution in [-0.4, -0.2) is 15.8 Å². The topological polar surface area (TPSA) is 55.3 Å². The Hall–Kier alpha value is -1.52. The Morgan fingerprint density at radius 3 is 2.82 bits per heavy atom. The van der Waals surface area contributed by atoms with E-state index in [1.54, 1.807) is 35.6 Å². The largest absolute Gasteiger partial charge is 0.516 e. The van der Waals surface area contributed by atoms with Crippen molar-refractivity contribution in [2.45, 2.75) is 0 Å². The Kier molecular flexibility index (Phi) is 1.80. The lowest BCUT2D eigenvalue weighted by Crippen LogP contribution is -2.30. The normalized spacial score (nSPS) is 9.64. The molecule has 0 spiro atoms. The summed E-state index contributed by atoms with van der Waals surface area (Å²) in [7, 11) is 3.41. The Labute approximate surface area is 63.4 Å². The van der Waals surface area contributed by atoms with Crippen molar-refractivity contribution in [3.63, 3.8) is 0 Å². The number of aromatic nitrogens is 2. The first-order valence-corrected chi connectivity index (χ1v) is 3.03. The van der Waals surface area contributed by atoms with E-state index in [2.05, 4.69) is 4.74 Å². The molecule has 11 heavy (non-hydrogen) atoms. The smallest absolute Gasteiger partial charge is 0.449 e. The minimum absolute atomic E-state index is 0.289. The van der Waals surface area contributed by atoms with Crippen LogP contribution in [0, 0.1) is 0 Å². The Morgan fingerprint density at radius 2 is 2.45 bits per heavy atom. The molecule has 0 atom stereocenters. The highest BCUT2D eigenvalue weighted by Gasteiger charge is 2.15. The van der Waals surface area contributed by atoms with Gasteiger partial charge in [0.25, 0.3) is 0 Å². The molecule has 0 unspecified atom stereocenters. The zero-order valence-corrected chi connectivity index (χ0v) is 6.31. The highest BCUT2D eigenvalue weighted by Crippen LogP contribution is 2.00. The zero-order valence-electron chi connectivity index (χ0n) is 6.31. The van der Waals surface area contributed by atoms with Crippen molar-refractivity contribution < 1.29 is 19.2 Å². The molecule has 0 amide bonds. The van der Waals surface area contributed by atoms with Crippen LogP contribution < -0.4 is 9.30 Å². The minimum atomic E-state index is -1.30. The summed E-state index contributed by atoms with van der Waals surface area (Å²) in [6.07, 6.45) is 2.11. The number of nitrogens with zero attached hydrogens (tertiary/aromatic N) is 2. The van der Waals surface area contributed by atoms with Gasteiger partial charge in [0.2, 0.25) is 0 Å². The lowest BCUT2D eigenvalue weighted by Gasteiger charge is -1.93. The van der Waals surface area contributed by atoms with Gasteiger partial charge in [-0.3, -0.25) is 0 Å². The highest BCUT2D eigenvalue weighted by atomic mass is 16.7. The average molecular weight is 157 g/mol. The van der Waals surface area contributed by atoms with E-state index >= 15 is 0 Å². The summed E-state index contributed by atoms with van der Waals surface area (Å²) in [4.78, 5) is 10.1. The molecule has 5 nitrogen and oxygen atoms in total. The third-order valence-electron chi connectivity index (χ3n) is 1.30. The number of carbonyl (C=O) groups is 1. The number of rotatable bonds is 1. The van der Waals surface area contributed by atoms with E-state index in [0.29, 0.717) is 0 Å². The molecule has 0 saturated heterocycles. The highest BCUT2D eigenvalue weighted by molar-refractivity contribution is 5.59. The zero-order chi connectivity index (χ0) is 8.43. The van der Waals surface area contributed by atoms with E-state index in [1.807, 2.05) is 0 Å². The first-order valence-electron chi connectivity index (χ1n) is 3.03. The molecule has 1 rings (SSSR count). The first-order chi connectivity index (χ1) is 5.11. The third-order valence-corrected chi connectivity index (χ3v) is 1.30. The van der Waals surface area contributed by atoms with Gasteiger partial charge in [0.1, 0.15) is 12.4 Å². The summed E-state index contributed by atoms with van der Waals surface area (Å²) in [6.45, 7) is 0. The number of imidazole rings is 1. The molecule has 1 aromatic rings. The molecule has 1 heterocycles.